The first-order valence-electron chi connectivity index (χ1n) is 9.45. The number of aromatic hydroxyl groups is 1. The van der Waals surface area contributed by atoms with E-state index in [-0.39, 0.29) is 16.9 Å². The van der Waals surface area contributed by atoms with E-state index in [2.05, 4.69) is 36.4 Å². The summed E-state index contributed by atoms with van der Waals surface area (Å²) in [6.07, 6.45) is 2.10. The van der Waals surface area contributed by atoms with E-state index in [0.717, 1.165) is 10.0 Å². The molecule has 0 spiro atoms. The lowest BCUT2D eigenvalue weighted by atomic mass is 10.1. The molecule has 0 aliphatic carbocycles. The number of aromatic nitrogens is 4. The third kappa shape index (κ3) is 4.29. The quantitative estimate of drug-likeness (QED) is 0.288. The Morgan fingerprint density at radius 1 is 1.23 bits per heavy atom. The molecule has 0 bridgehead atoms. The van der Waals surface area contributed by atoms with Gasteiger partial charge in [0.25, 0.3) is 5.56 Å². The Hall–Kier alpha value is -3.66. The van der Waals surface area contributed by atoms with Gasteiger partial charge in [0.05, 0.1) is 6.21 Å². The van der Waals surface area contributed by atoms with Gasteiger partial charge in [-0.1, -0.05) is 46.3 Å². The van der Waals surface area contributed by atoms with Gasteiger partial charge >= 0.3 is 5.69 Å². The number of phenolic OH excluding ortho intramolecular Hbond substituents is 1. The number of hydrogen-bond acceptors (Lipinski definition) is 6. The van der Waals surface area contributed by atoms with Crippen LogP contribution in [0.1, 0.15) is 11.1 Å². The summed E-state index contributed by atoms with van der Waals surface area (Å²) in [4.78, 5) is 31.3. The number of hydrazone groups is 1. The van der Waals surface area contributed by atoms with Crippen LogP contribution in [0.4, 0.5) is 5.95 Å². The maximum Gasteiger partial charge on any atom is 0.329 e. The van der Waals surface area contributed by atoms with Gasteiger partial charge in [-0.15, -0.1) is 0 Å². The number of nitrogens with one attached hydrogen (secondary N) is 2. The Morgan fingerprint density at radius 2 is 2.00 bits per heavy atom. The molecular formula is C21H19BrN6O3. The summed E-state index contributed by atoms with van der Waals surface area (Å²) in [7, 11) is 1.54. The van der Waals surface area contributed by atoms with Crippen molar-refractivity contribution in [2.45, 2.75) is 13.0 Å². The number of phenols is 1. The van der Waals surface area contributed by atoms with Gasteiger partial charge in [-0.05, 0) is 30.2 Å². The molecule has 0 fully saturated rings. The fourth-order valence-corrected chi connectivity index (χ4v) is 3.59. The average molecular weight is 483 g/mol. The molecule has 4 aromatic rings. The zero-order valence-electron chi connectivity index (χ0n) is 16.5. The van der Waals surface area contributed by atoms with Gasteiger partial charge in [0.15, 0.2) is 11.2 Å². The molecule has 0 unspecified atom stereocenters. The second-order valence-electron chi connectivity index (χ2n) is 6.89. The summed E-state index contributed by atoms with van der Waals surface area (Å²) in [5, 5.41) is 14.1. The first-order chi connectivity index (χ1) is 14.9. The fourth-order valence-electron chi connectivity index (χ4n) is 3.21. The molecule has 31 heavy (non-hydrogen) atoms. The Labute approximate surface area is 184 Å². The predicted molar refractivity (Wildman–Crippen MR) is 123 cm³/mol. The van der Waals surface area contributed by atoms with E-state index in [1.54, 1.807) is 29.8 Å². The molecule has 3 N–H and O–H groups in total. The van der Waals surface area contributed by atoms with Gasteiger partial charge in [0.2, 0.25) is 5.95 Å². The standard InChI is InChI=1S/C21H19BrN6O3/c1-27-18-17(19(30)25-21(27)31)28(10-9-13-5-3-2-4-6-13)20(24-18)26-23-12-14-11-15(22)7-8-16(14)29/h2-8,11-12,29H,9-10H2,1H3,(H,24,26)(H,25,30,31)/b23-12-. The molecule has 2 heterocycles. The molecular weight excluding hydrogens is 464 g/mol. The third-order valence-corrected chi connectivity index (χ3v) is 5.32. The Kier molecular flexibility index (Phi) is 5.72. The minimum Gasteiger partial charge on any atom is -0.507 e. The predicted octanol–water partition coefficient (Wildman–Crippen LogP) is 2.58. The van der Waals surface area contributed by atoms with Crippen molar-refractivity contribution in [2.75, 3.05) is 5.43 Å². The van der Waals surface area contributed by atoms with E-state index in [1.165, 1.54) is 10.8 Å². The lowest BCUT2D eigenvalue weighted by Gasteiger charge is -2.08. The molecule has 0 saturated heterocycles. The van der Waals surface area contributed by atoms with Crippen molar-refractivity contribution in [1.29, 1.82) is 0 Å². The lowest BCUT2D eigenvalue weighted by molar-refractivity contribution is 0.474. The Bertz CT molecular complexity index is 1390. The Balaban J connectivity index is 1.72. The van der Waals surface area contributed by atoms with Crippen molar-refractivity contribution in [3.8, 4) is 5.75 Å². The van der Waals surface area contributed by atoms with Crippen LogP contribution in [0.2, 0.25) is 0 Å². The largest absolute Gasteiger partial charge is 0.507 e. The van der Waals surface area contributed by atoms with E-state index in [0.29, 0.717) is 24.5 Å². The van der Waals surface area contributed by atoms with Gasteiger partial charge in [0, 0.05) is 23.6 Å². The molecule has 0 aliphatic rings. The molecule has 0 aliphatic heterocycles. The second kappa shape index (κ2) is 8.60. The van der Waals surface area contributed by atoms with Gasteiger partial charge in [-0.3, -0.25) is 14.3 Å². The molecule has 158 valence electrons. The minimum absolute atomic E-state index is 0.0742. The lowest BCUT2D eigenvalue weighted by Crippen LogP contribution is -2.29. The van der Waals surface area contributed by atoms with Crippen LogP contribution < -0.4 is 16.7 Å². The maximum atomic E-state index is 12.5. The molecule has 0 amide bonds. The second-order valence-corrected chi connectivity index (χ2v) is 7.80. The van der Waals surface area contributed by atoms with E-state index >= 15 is 0 Å². The highest BCUT2D eigenvalue weighted by Crippen LogP contribution is 2.21. The van der Waals surface area contributed by atoms with Crippen LogP contribution in [0.3, 0.4) is 0 Å². The van der Waals surface area contributed by atoms with E-state index in [1.807, 2.05) is 30.3 Å². The number of hydrogen-bond donors (Lipinski definition) is 3. The van der Waals surface area contributed by atoms with Gasteiger partial charge in [-0.25, -0.2) is 10.2 Å². The summed E-state index contributed by atoms with van der Waals surface area (Å²) < 4.78 is 3.77. The van der Waals surface area contributed by atoms with Crippen LogP contribution in [0.5, 0.6) is 5.75 Å². The first-order valence-corrected chi connectivity index (χ1v) is 10.2. The van der Waals surface area contributed by atoms with E-state index < -0.39 is 11.2 Å². The number of benzene rings is 2. The molecule has 2 aromatic carbocycles. The van der Waals surface area contributed by atoms with Crippen LogP contribution in [-0.4, -0.2) is 30.4 Å². The zero-order chi connectivity index (χ0) is 22.0. The highest BCUT2D eigenvalue weighted by Gasteiger charge is 2.17. The highest BCUT2D eigenvalue weighted by molar-refractivity contribution is 9.10. The average Bonchev–Trinajstić information content (AvgIpc) is 3.13. The molecule has 9 nitrogen and oxygen atoms in total. The zero-order valence-corrected chi connectivity index (χ0v) is 18.1. The number of imidazole rings is 1. The normalized spacial score (nSPS) is 11.4. The van der Waals surface area contributed by atoms with Crippen LogP contribution in [-0.2, 0) is 20.0 Å². The highest BCUT2D eigenvalue weighted by atomic mass is 79.9. The number of fused-ring (bicyclic) bond motifs is 1. The summed E-state index contributed by atoms with van der Waals surface area (Å²) >= 11 is 3.35. The number of anilines is 1. The Morgan fingerprint density at radius 3 is 2.77 bits per heavy atom. The molecule has 0 atom stereocenters. The van der Waals surface area contributed by atoms with Crippen molar-refractivity contribution in [1.82, 2.24) is 19.1 Å². The van der Waals surface area contributed by atoms with Crippen LogP contribution in [0, 0.1) is 0 Å². The molecule has 0 radical (unpaired) electrons. The number of nitrogens with zero attached hydrogens (tertiary/aromatic N) is 4. The SMILES string of the molecule is Cn1c(=O)[nH]c(=O)c2c1nc(N/N=C\c1cc(Br)ccc1O)n2CCc1ccccc1. The summed E-state index contributed by atoms with van der Waals surface area (Å²) in [6, 6.07) is 14.8. The minimum atomic E-state index is -0.542. The molecule has 0 saturated carbocycles. The van der Waals surface area contributed by atoms with Crippen LogP contribution >= 0.6 is 15.9 Å². The number of aromatic amines is 1. The molecule has 2 aromatic heterocycles. The van der Waals surface area contributed by atoms with Crippen LogP contribution in [0.25, 0.3) is 11.2 Å². The maximum absolute atomic E-state index is 12.5. The first kappa shape index (κ1) is 20.6. The van der Waals surface area contributed by atoms with Gasteiger partial charge in [-0.2, -0.15) is 10.1 Å². The molecule has 4 rings (SSSR count). The number of H-pyrrole nitrogens is 1. The van der Waals surface area contributed by atoms with Gasteiger partial charge in [0.1, 0.15) is 5.75 Å². The van der Waals surface area contributed by atoms with Crippen molar-refractivity contribution >= 4 is 39.3 Å². The number of halogens is 1. The van der Waals surface area contributed by atoms with Crippen molar-refractivity contribution < 1.29 is 5.11 Å². The van der Waals surface area contributed by atoms with Gasteiger partial charge < -0.3 is 9.67 Å². The summed E-state index contributed by atoms with van der Waals surface area (Å²) in [5.74, 6) is 0.383. The van der Waals surface area contributed by atoms with Crippen molar-refractivity contribution in [3.05, 3.63) is 85.0 Å². The number of rotatable bonds is 6. The summed E-state index contributed by atoms with van der Waals surface area (Å²) in [5.41, 5.74) is 3.91. The van der Waals surface area contributed by atoms with Crippen molar-refractivity contribution in [3.63, 3.8) is 0 Å². The topological polar surface area (TPSA) is 117 Å². The monoisotopic (exact) mass is 482 g/mol. The summed E-state index contributed by atoms with van der Waals surface area (Å²) in [6.45, 7) is 0.446. The smallest absolute Gasteiger partial charge is 0.329 e. The van der Waals surface area contributed by atoms with E-state index in [4.69, 9.17) is 0 Å². The fraction of sp³-hybridized carbons (Fsp3) is 0.143. The third-order valence-electron chi connectivity index (χ3n) is 4.83. The van der Waals surface area contributed by atoms with Crippen molar-refractivity contribution in [2.24, 2.45) is 12.1 Å². The van der Waals surface area contributed by atoms with Crippen LogP contribution in [0.15, 0.2) is 67.7 Å². The number of aryl methyl sites for hydroxylation is 3. The van der Waals surface area contributed by atoms with E-state index in [9.17, 15) is 14.7 Å². The molecule has 10 heteroatoms.